The van der Waals surface area contributed by atoms with Gasteiger partial charge in [-0.1, -0.05) is 19.1 Å². The molecule has 6 heteroatoms. The van der Waals surface area contributed by atoms with Crippen LogP contribution in [0.2, 0.25) is 0 Å². The van der Waals surface area contributed by atoms with Crippen LogP contribution in [0.1, 0.15) is 20.3 Å². The third kappa shape index (κ3) is 2.97. The van der Waals surface area contributed by atoms with Crippen molar-refractivity contribution in [1.82, 2.24) is 9.21 Å². The summed E-state index contributed by atoms with van der Waals surface area (Å²) < 4.78 is 26.5. The van der Waals surface area contributed by atoms with Crippen molar-refractivity contribution < 1.29 is 13.5 Å². The van der Waals surface area contributed by atoms with E-state index in [1.807, 2.05) is 0 Å². The number of hydrogen-bond donors (Lipinski definition) is 1. The zero-order valence-electron chi connectivity index (χ0n) is 12.0. The molecule has 1 aromatic carbocycles. The molecular weight excluding hydrogens is 276 g/mol. The summed E-state index contributed by atoms with van der Waals surface area (Å²) in [5.41, 5.74) is 0. The monoisotopic (exact) mass is 298 g/mol. The lowest BCUT2D eigenvalue weighted by Gasteiger charge is -2.37. The standard InChI is InChI=1S/C14H22N2O3S/c1-3-12(2)15-8-10-16(11-9-15)20(18,19)14-7-5-4-6-13(14)17/h4-7,12,17H,3,8-11H2,1-2H3. The van der Waals surface area contributed by atoms with Gasteiger partial charge in [0.15, 0.2) is 0 Å². The highest BCUT2D eigenvalue weighted by atomic mass is 32.2. The molecule has 1 heterocycles. The maximum absolute atomic E-state index is 12.5. The predicted octanol–water partition coefficient (Wildman–Crippen LogP) is 1.50. The molecule has 1 atom stereocenters. The lowest BCUT2D eigenvalue weighted by molar-refractivity contribution is 0.142. The van der Waals surface area contributed by atoms with Crippen molar-refractivity contribution in [3.63, 3.8) is 0 Å². The molecule has 1 aliphatic heterocycles. The van der Waals surface area contributed by atoms with Gasteiger partial charge in [-0.05, 0) is 25.5 Å². The highest BCUT2D eigenvalue weighted by Crippen LogP contribution is 2.26. The number of para-hydroxylation sites is 1. The summed E-state index contributed by atoms with van der Waals surface area (Å²) >= 11 is 0. The molecule has 20 heavy (non-hydrogen) atoms. The first-order chi connectivity index (χ1) is 9.46. The normalized spacial score (nSPS) is 19.9. The van der Waals surface area contributed by atoms with Gasteiger partial charge in [0.2, 0.25) is 10.0 Å². The minimum Gasteiger partial charge on any atom is -0.507 e. The van der Waals surface area contributed by atoms with Gasteiger partial charge in [0.25, 0.3) is 0 Å². The van der Waals surface area contributed by atoms with Crippen molar-refractivity contribution in [2.24, 2.45) is 0 Å². The second-order valence-corrected chi connectivity index (χ2v) is 7.07. The number of phenols is 1. The van der Waals surface area contributed by atoms with Crippen LogP contribution in [-0.2, 0) is 10.0 Å². The first-order valence-electron chi connectivity index (χ1n) is 6.99. The molecule has 0 aliphatic carbocycles. The maximum atomic E-state index is 12.5. The van der Waals surface area contributed by atoms with Gasteiger partial charge in [0.1, 0.15) is 10.6 Å². The Morgan fingerprint density at radius 3 is 2.35 bits per heavy atom. The highest BCUT2D eigenvalue weighted by Gasteiger charge is 2.31. The molecular formula is C14H22N2O3S. The zero-order valence-corrected chi connectivity index (χ0v) is 12.8. The van der Waals surface area contributed by atoms with E-state index in [2.05, 4.69) is 18.7 Å². The van der Waals surface area contributed by atoms with Gasteiger partial charge >= 0.3 is 0 Å². The lowest BCUT2D eigenvalue weighted by atomic mass is 10.2. The number of phenolic OH excluding ortho intramolecular Hbond substituents is 1. The first kappa shape index (κ1) is 15.3. The molecule has 0 spiro atoms. The van der Waals surface area contributed by atoms with Gasteiger partial charge in [0, 0.05) is 32.2 Å². The van der Waals surface area contributed by atoms with E-state index in [0.717, 1.165) is 19.5 Å². The third-order valence-electron chi connectivity index (χ3n) is 3.97. The summed E-state index contributed by atoms with van der Waals surface area (Å²) in [5.74, 6) is -0.183. The molecule has 1 unspecified atom stereocenters. The van der Waals surface area contributed by atoms with Crippen LogP contribution in [0.5, 0.6) is 5.75 Å². The Kier molecular flexibility index (Phi) is 4.67. The van der Waals surface area contributed by atoms with Crippen molar-refractivity contribution in [3.8, 4) is 5.75 Å². The third-order valence-corrected chi connectivity index (χ3v) is 5.92. The zero-order chi connectivity index (χ0) is 14.8. The van der Waals surface area contributed by atoms with Crippen LogP contribution in [0, 0.1) is 0 Å². The Balaban J connectivity index is 2.12. The SMILES string of the molecule is CCC(C)N1CCN(S(=O)(=O)c2ccccc2O)CC1. The van der Waals surface area contributed by atoms with E-state index in [-0.39, 0.29) is 10.6 Å². The topological polar surface area (TPSA) is 60.9 Å². The van der Waals surface area contributed by atoms with Gasteiger partial charge in [-0.2, -0.15) is 4.31 Å². The molecule has 0 radical (unpaired) electrons. The summed E-state index contributed by atoms with van der Waals surface area (Å²) in [6, 6.07) is 6.58. The number of piperazine rings is 1. The van der Waals surface area contributed by atoms with Gasteiger partial charge in [-0.3, -0.25) is 4.90 Å². The van der Waals surface area contributed by atoms with Crippen LogP contribution in [0.25, 0.3) is 0 Å². The fourth-order valence-corrected chi connectivity index (χ4v) is 3.96. The van der Waals surface area contributed by atoms with E-state index in [0.29, 0.717) is 19.1 Å². The van der Waals surface area contributed by atoms with Crippen molar-refractivity contribution in [2.75, 3.05) is 26.2 Å². The summed E-state index contributed by atoms with van der Waals surface area (Å²) in [6.45, 7) is 6.72. The van der Waals surface area contributed by atoms with Gasteiger partial charge in [-0.25, -0.2) is 8.42 Å². The Bertz CT molecular complexity index is 551. The average Bonchev–Trinajstić information content (AvgIpc) is 2.47. The second kappa shape index (κ2) is 6.11. The van der Waals surface area contributed by atoms with Gasteiger partial charge in [0.05, 0.1) is 0 Å². The Morgan fingerprint density at radius 2 is 1.80 bits per heavy atom. The molecule has 0 bridgehead atoms. The number of rotatable bonds is 4. The molecule has 1 saturated heterocycles. The van der Waals surface area contributed by atoms with E-state index in [4.69, 9.17) is 0 Å². The second-order valence-electron chi connectivity index (χ2n) is 5.17. The van der Waals surface area contributed by atoms with Gasteiger partial charge in [-0.15, -0.1) is 0 Å². The smallest absolute Gasteiger partial charge is 0.246 e. The summed E-state index contributed by atoms with van der Waals surface area (Å²) in [7, 11) is -3.59. The number of sulfonamides is 1. The quantitative estimate of drug-likeness (QED) is 0.915. The van der Waals surface area contributed by atoms with Crippen molar-refractivity contribution in [3.05, 3.63) is 24.3 Å². The fourth-order valence-electron chi connectivity index (χ4n) is 2.46. The van der Waals surface area contributed by atoms with E-state index in [9.17, 15) is 13.5 Å². The average molecular weight is 298 g/mol. The summed E-state index contributed by atoms with van der Waals surface area (Å²) in [4.78, 5) is 2.30. The Hall–Kier alpha value is -1.11. The first-order valence-corrected chi connectivity index (χ1v) is 8.43. The van der Waals surface area contributed by atoms with Crippen molar-refractivity contribution in [1.29, 1.82) is 0 Å². The maximum Gasteiger partial charge on any atom is 0.246 e. The number of nitrogens with zero attached hydrogens (tertiary/aromatic N) is 2. The molecule has 1 fully saturated rings. The molecule has 112 valence electrons. The fraction of sp³-hybridized carbons (Fsp3) is 0.571. The Labute approximate surface area is 120 Å². The minimum atomic E-state index is -3.59. The molecule has 1 aromatic rings. The molecule has 1 aliphatic rings. The van der Waals surface area contributed by atoms with E-state index in [1.165, 1.54) is 16.4 Å². The summed E-state index contributed by atoms with van der Waals surface area (Å²) in [5, 5.41) is 9.74. The number of hydrogen-bond acceptors (Lipinski definition) is 4. The molecule has 5 nitrogen and oxygen atoms in total. The van der Waals surface area contributed by atoms with Crippen molar-refractivity contribution >= 4 is 10.0 Å². The van der Waals surface area contributed by atoms with Crippen LogP contribution in [-0.4, -0.2) is 55.0 Å². The van der Waals surface area contributed by atoms with E-state index < -0.39 is 10.0 Å². The van der Waals surface area contributed by atoms with Crippen LogP contribution in [0.15, 0.2) is 29.2 Å². The van der Waals surface area contributed by atoms with E-state index >= 15 is 0 Å². The Morgan fingerprint density at radius 1 is 1.20 bits per heavy atom. The van der Waals surface area contributed by atoms with Crippen LogP contribution in [0.3, 0.4) is 0 Å². The number of benzene rings is 1. The molecule has 0 amide bonds. The van der Waals surface area contributed by atoms with Crippen LogP contribution in [0.4, 0.5) is 0 Å². The molecule has 0 aromatic heterocycles. The molecule has 1 N–H and O–H groups in total. The minimum absolute atomic E-state index is 0.00279. The molecule has 2 rings (SSSR count). The summed E-state index contributed by atoms with van der Waals surface area (Å²) in [6.07, 6.45) is 1.06. The predicted molar refractivity (Wildman–Crippen MR) is 78.2 cm³/mol. The van der Waals surface area contributed by atoms with Crippen LogP contribution < -0.4 is 0 Å². The van der Waals surface area contributed by atoms with Crippen molar-refractivity contribution in [2.45, 2.75) is 31.2 Å². The van der Waals surface area contributed by atoms with Gasteiger partial charge < -0.3 is 5.11 Å². The largest absolute Gasteiger partial charge is 0.507 e. The molecule has 0 saturated carbocycles. The lowest BCUT2D eigenvalue weighted by Crippen LogP contribution is -2.51. The van der Waals surface area contributed by atoms with Crippen LogP contribution >= 0.6 is 0 Å². The number of aromatic hydroxyl groups is 1. The highest BCUT2D eigenvalue weighted by molar-refractivity contribution is 7.89. The van der Waals surface area contributed by atoms with E-state index in [1.54, 1.807) is 12.1 Å².